The number of carbonyl (C=O) groups excluding carboxylic acids is 2. The molecule has 0 rings (SSSR count). The first-order valence-corrected chi connectivity index (χ1v) is 2.52. The summed E-state index contributed by atoms with van der Waals surface area (Å²) in [4.78, 5) is 19.3. The first kappa shape index (κ1) is 17.3. The van der Waals surface area contributed by atoms with Gasteiger partial charge in [0.25, 0.3) is 0 Å². The Morgan fingerprint density at radius 1 is 0.909 bits per heavy atom. The summed E-state index contributed by atoms with van der Waals surface area (Å²) >= 11 is 0. The van der Waals surface area contributed by atoms with E-state index in [-0.39, 0.29) is 57.0 Å². The van der Waals surface area contributed by atoms with Crippen LogP contribution in [0.25, 0.3) is 0 Å². The summed E-state index contributed by atoms with van der Waals surface area (Å²) in [6.07, 6.45) is -0.341. The van der Waals surface area contributed by atoms with E-state index in [4.69, 9.17) is 0 Å². The van der Waals surface area contributed by atoms with Crippen LogP contribution in [0.5, 0.6) is 0 Å². The van der Waals surface area contributed by atoms with Crippen molar-refractivity contribution in [3.05, 3.63) is 0 Å². The van der Waals surface area contributed by atoms with Gasteiger partial charge in [-0.3, -0.25) is 0 Å². The zero-order chi connectivity index (χ0) is 7.28. The van der Waals surface area contributed by atoms with Gasteiger partial charge in [-0.05, 0) is 19.3 Å². The molecule has 0 heterocycles. The van der Waals surface area contributed by atoms with Gasteiger partial charge in [-0.1, -0.05) is 0 Å². The predicted molar refractivity (Wildman–Crippen MR) is 23.9 cm³/mol. The molecule has 0 saturated heterocycles. The second kappa shape index (κ2) is 10.1. The maximum atomic E-state index is 9.66. The number of carboxylic acids is 2. The summed E-state index contributed by atoms with van der Waals surface area (Å²) in [5.74, 6) is -2.45. The molecule has 0 radical (unpaired) electrons. The standard InChI is InChI=1S/C5H8O4.2Li/c6-4(7)2-1-3-5(8)9;;/h1-3H2,(H,6,7)(H,8,9);;/q;2*+1/p-2. The molecule has 52 valence electrons. The Labute approximate surface area is 88.7 Å². The quantitative estimate of drug-likeness (QED) is 0.367. The minimum Gasteiger partial charge on any atom is -0.550 e. The fourth-order valence-electron chi connectivity index (χ4n) is 0.377. The molecule has 0 bridgehead atoms. The van der Waals surface area contributed by atoms with E-state index in [2.05, 4.69) is 0 Å². The number of rotatable bonds is 4. The fraction of sp³-hybridized carbons (Fsp3) is 0.600. The smallest absolute Gasteiger partial charge is 0.550 e. The Morgan fingerprint density at radius 3 is 1.36 bits per heavy atom. The average molecular weight is 144 g/mol. The Kier molecular flexibility index (Phi) is 15.9. The zero-order valence-electron chi connectivity index (χ0n) is 6.75. The molecule has 4 nitrogen and oxygen atoms in total. The van der Waals surface area contributed by atoms with Gasteiger partial charge in [0.05, 0.1) is 0 Å². The normalized spacial score (nSPS) is 7.27. The molecule has 0 aromatic heterocycles. The number of hydrogen-bond donors (Lipinski definition) is 0. The van der Waals surface area contributed by atoms with Crippen molar-refractivity contribution < 1.29 is 57.5 Å². The van der Waals surface area contributed by atoms with Crippen LogP contribution >= 0.6 is 0 Å². The summed E-state index contributed by atoms with van der Waals surface area (Å²) in [6, 6.07) is 0. The number of carboxylic acid groups (broad SMARTS) is 2. The molecule has 11 heavy (non-hydrogen) atoms. The SMILES string of the molecule is O=C([O-])CCCC(=O)[O-].[Li+].[Li+]. The number of aliphatic carboxylic acids is 2. The summed E-state index contributed by atoms with van der Waals surface area (Å²) in [7, 11) is 0. The van der Waals surface area contributed by atoms with Gasteiger partial charge in [-0.2, -0.15) is 0 Å². The van der Waals surface area contributed by atoms with Crippen molar-refractivity contribution in [2.75, 3.05) is 0 Å². The molecular weight excluding hydrogens is 138 g/mol. The molecule has 0 aliphatic heterocycles. The van der Waals surface area contributed by atoms with E-state index in [1.807, 2.05) is 0 Å². The molecule has 0 N–H and O–H groups in total. The first-order chi connectivity index (χ1) is 4.13. The molecular formula is C5H6Li2O4. The van der Waals surface area contributed by atoms with Crippen LogP contribution < -0.4 is 47.9 Å². The van der Waals surface area contributed by atoms with Crippen molar-refractivity contribution in [3.63, 3.8) is 0 Å². The van der Waals surface area contributed by atoms with Crippen LogP contribution in [0.15, 0.2) is 0 Å². The van der Waals surface area contributed by atoms with Crippen LogP contribution in [0.1, 0.15) is 19.3 Å². The Bertz CT molecular complexity index is 112. The van der Waals surface area contributed by atoms with Crippen LogP contribution in [0.4, 0.5) is 0 Å². The Hall–Kier alpha value is 0.135. The van der Waals surface area contributed by atoms with Gasteiger partial charge in [0.15, 0.2) is 0 Å². The summed E-state index contributed by atoms with van der Waals surface area (Å²) in [6.45, 7) is 0. The third kappa shape index (κ3) is 17.8. The topological polar surface area (TPSA) is 80.3 Å². The van der Waals surface area contributed by atoms with E-state index in [0.717, 1.165) is 0 Å². The summed E-state index contributed by atoms with van der Waals surface area (Å²) < 4.78 is 0. The van der Waals surface area contributed by atoms with Gasteiger partial charge in [-0.25, -0.2) is 0 Å². The van der Waals surface area contributed by atoms with Gasteiger partial charge in [0.1, 0.15) is 0 Å². The minimum atomic E-state index is -1.23. The predicted octanol–water partition coefficient (Wildman–Crippen LogP) is -8.34. The Balaban J connectivity index is -0.000000320. The van der Waals surface area contributed by atoms with E-state index < -0.39 is 11.9 Å². The molecule has 0 spiro atoms. The second-order valence-corrected chi connectivity index (χ2v) is 1.60. The van der Waals surface area contributed by atoms with Crippen molar-refractivity contribution in [2.45, 2.75) is 19.3 Å². The maximum Gasteiger partial charge on any atom is 1.00 e. The van der Waals surface area contributed by atoms with Crippen molar-refractivity contribution in [1.29, 1.82) is 0 Å². The fourth-order valence-corrected chi connectivity index (χ4v) is 0.377. The zero-order valence-corrected chi connectivity index (χ0v) is 6.75. The molecule has 0 fully saturated rings. The van der Waals surface area contributed by atoms with E-state index >= 15 is 0 Å². The van der Waals surface area contributed by atoms with Crippen LogP contribution in [0, 0.1) is 0 Å². The molecule has 0 aromatic carbocycles. The van der Waals surface area contributed by atoms with Crippen molar-refractivity contribution >= 4 is 11.9 Å². The van der Waals surface area contributed by atoms with Gasteiger partial charge >= 0.3 is 37.7 Å². The van der Waals surface area contributed by atoms with Crippen molar-refractivity contribution in [2.24, 2.45) is 0 Å². The Morgan fingerprint density at radius 2 is 1.18 bits per heavy atom. The maximum absolute atomic E-state index is 9.66. The van der Waals surface area contributed by atoms with Crippen LogP contribution in [0.2, 0.25) is 0 Å². The van der Waals surface area contributed by atoms with Gasteiger partial charge in [0.2, 0.25) is 0 Å². The van der Waals surface area contributed by atoms with Gasteiger partial charge in [0, 0.05) is 11.9 Å². The third-order valence-corrected chi connectivity index (χ3v) is 0.762. The van der Waals surface area contributed by atoms with Crippen molar-refractivity contribution in [3.8, 4) is 0 Å². The van der Waals surface area contributed by atoms with Crippen LogP contribution in [-0.4, -0.2) is 11.9 Å². The van der Waals surface area contributed by atoms with E-state index in [1.165, 1.54) is 0 Å². The molecule has 0 unspecified atom stereocenters. The summed E-state index contributed by atoms with van der Waals surface area (Å²) in [5.41, 5.74) is 0. The number of carbonyl (C=O) groups is 2. The van der Waals surface area contributed by atoms with E-state index in [9.17, 15) is 19.8 Å². The largest absolute Gasteiger partial charge is 1.00 e. The molecule has 0 saturated carbocycles. The third-order valence-electron chi connectivity index (χ3n) is 0.762. The molecule has 0 aliphatic carbocycles. The van der Waals surface area contributed by atoms with Gasteiger partial charge in [-0.15, -0.1) is 0 Å². The monoisotopic (exact) mass is 144 g/mol. The van der Waals surface area contributed by atoms with Gasteiger partial charge < -0.3 is 19.8 Å². The van der Waals surface area contributed by atoms with E-state index in [0.29, 0.717) is 0 Å². The van der Waals surface area contributed by atoms with Crippen LogP contribution in [0.3, 0.4) is 0 Å². The van der Waals surface area contributed by atoms with Crippen molar-refractivity contribution in [1.82, 2.24) is 0 Å². The number of hydrogen-bond acceptors (Lipinski definition) is 4. The molecule has 6 heteroatoms. The minimum absolute atomic E-state index is 0. The molecule has 0 aromatic rings. The second-order valence-electron chi connectivity index (χ2n) is 1.60. The first-order valence-electron chi connectivity index (χ1n) is 2.52. The summed E-state index contributed by atoms with van der Waals surface area (Å²) in [5, 5.41) is 19.3. The average Bonchev–Trinajstić information content (AvgIpc) is 1.63. The van der Waals surface area contributed by atoms with E-state index in [1.54, 1.807) is 0 Å². The molecule has 0 aliphatic rings. The molecule has 0 amide bonds. The molecule has 0 atom stereocenters. The van der Waals surface area contributed by atoms with Crippen LogP contribution in [-0.2, 0) is 9.59 Å².